The largest absolute Gasteiger partial charge is 0.378 e. The highest BCUT2D eigenvalue weighted by molar-refractivity contribution is 5.06. The van der Waals surface area contributed by atoms with E-state index in [1.807, 2.05) is 6.92 Å². The zero-order valence-corrected chi connectivity index (χ0v) is 28.0. The number of rotatable bonds is 19. The van der Waals surface area contributed by atoms with E-state index in [0.29, 0.717) is 36.4 Å². The highest BCUT2D eigenvalue weighted by atomic mass is 19.2. The van der Waals surface area contributed by atoms with Crippen molar-refractivity contribution in [1.29, 1.82) is 0 Å². The van der Waals surface area contributed by atoms with Crippen LogP contribution in [-0.4, -0.2) is 37.4 Å². The molecule has 3 aliphatic rings. The highest BCUT2D eigenvalue weighted by Gasteiger charge is 2.44. The van der Waals surface area contributed by atoms with Gasteiger partial charge in [-0.15, -0.1) is 0 Å². The number of hydrogen-bond acceptors (Lipinski definition) is 1. The van der Waals surface area contributed by atoms with Crippen LogP contribution in [0.4, 0.5) is 17.6 Å². The van der Waals surface area contributed by atoms with E-state index in [4.69, 9.17) is 4.74 Å². The maximum atomic E-state index is 15.4. The molecular weight excluding hydrogens is 548 g/mol. The first-order valence-electron chi connectivity index (χ1n) is 18.7. The summed E-state index contributed by atoms with van der Waals surface area (Å²) in [5, 5.41) is 0. The van der Waals surface area contributed by atoms with E-state index in [0.717, 1.165) is 129 Å². The molecule has 7 atom stereocenters. The predicted octanol–water partition coefficient (Wildman–Crippen LogP) is 12.3. The van der Waals surface area contributed by atoms with Crippen molar-refractivity contribution >= 4 is 0 Å². The minimum absolute atomic E-state index is 0.119. The number of ether oxygens (including phenoxy) is 1. The molecule has 0 aliphatic heterocycles. The summed E-state index contributed by atoms with van der Waals surface area (Å²) in [5.41, 5.74) is 0.436. The van der Waals surface area contributed by atoms with Crippen molar-refractivity contribution in [2.45, 2.75) is 186 Å². The fourth-order valence-electron chi connectivity index (χ4n) is 8.85. The van der Waals surface area contributed by atoms with Crippen LogP contribution >= 0.6 is 0 Å². The molecule has 0 aromatic carbocycles. The van der Waals surface area contributed by atoms with Gasteiger partial charge in [0, 0.05) is 6.61 Å². The lowest BCUT2D eigenvalue weighted by molar-refractivity contribution is -0.0343. The number of allylic oxidation sites excluding steroid dienone is 1. The Morgan fingerprint density at radius 1 is 0.744 bits per heavy atom. The molecule has 5 heteroatoms. The molecule has 0 aromatic heterocycles. The SMILES string of the molecule is C=C(CCCCCC)C(F)[C@H](F)C(CC)C1CCC(CCCC2CCC(C3CCC(OCCCC)CC3)C(F)C2F)CC1. The van der Waals surface area contributed by atoms with Crippen molar-refractivity contribution in [2.24, 2.45) is 35.5 Å². The molecule has 1 nitrogen and oxygen atoms in total. The normalized spacial score (nSPS) is 34.0. The molecule has 0 radical (unpaired) electrons. The summed E-state index contributed by atoms with van der Waals surface area (Å²) in [7, 11) is 0. The maximum Gasteiger partial charge on any atom is 0.152 e. The van der Waals surface area contributed by atoms with Crippen LogP contribution in [0.2, 0.25) is 0 Å². The predicted molar refractivity (Wildman–Crippen MR) is 173 cm³/mol. The molecule has 3 rings (SSSR count). The van der Waals surface area contributed by atoms with E-state index in [2.05, 4.69) is 20.4 Å². The summed E-state index contributed by atoms with van der Waals surface area (Å²) in [6, 6.07) is 0. The monoisotopic (exact) mass is 615 g/mol. The van der Waals surface area contributed by atoms with Crippen LogP contribution in [-0.2, 0) is 4.74 Å². The summed E-state index contributed by atoms with van der Waals surface area (Å²) in [6.07, 6.45) is 14.7. The molecule has 0 saturated heterocycles. The molecule has 6 unspecified atom stereocenters. The Bertz CT molecular complexity index is 744. The summed E-state index contributed by atoms with van der Waals surface area (Å²) in [6.45, 7) is 11.0. The van der Waals surface area contributed by atoms with E-state index in [9.17, 15) is 0 Å². The van der Waals surface area contributed by atoms with Gasteiger partial charge >= 0.3 is 0 Å². The molecule has 43 heavy (non-hydrogen) atoms. The third kappa shape index (κ3) is 11.3. The topological polar surface area (TPSA) is 9.23 Å². The van der Waals surface area contributed by atoms with Gasteiger partial charge in [-0.2, -0.15) is 0 Å². The van der Waals surface area contributed by atoms with Gasteiger partial charge < -0.3 is 4.74 Å². The molecule has 0 bridgehead atoms. The van der Waals surface area contributed by atoms with Crippen LogP contribution in [0.3, 0.4) is 0 Å². The van der Waals surface area contributed by atoms with Gasteiger partial charge in [0.05, 0.1) is 6.10 Å². The molecule has 0 heterocycles. The molecule has 0 aromatic rings. The van der Waals surface area contributed by atoms with Gasteiger partial charge in [-0.3, -0.25) is 0 Å². The molecular formula is C38H66F4O. The Labute approximate surface area is 262 Å². The third-order valence-corrected chi connectivity index (χ3v) is 11.8. The van der Waals surface area contributed by atoms with Gasteiger partial charge in [0.25, 0.3) is 0 Å². The Balaban J connectivity index is 1.33. The van der Waals surface area contributed by atoms with E-state index >= 15 is 17.6 Å². The fraction of sp³-hybridized carbons (Fsp3) is 0.947. The minimum atomic E-state index is -1.55. The van der Waals surface area contributed by atoms with E-state index in [1.165, 1.54) is 0 Å². The fourth-order valence-corrected chi connectivity index (χ4v) is 8.85. The molecule has 3 fully saturated rings. The van der Waals surface area contributed by atoms with Crippen LogP contribution in [0.1, 0.15) is 156 Å². The van der Waals surface area contributed by atoms with Gasteiger partial charge in [-0.05, 0) is 118 Å². The van der Waals surface area contributed by atoms with Crippen molar-refractivity contribution in [3.63, 3.8) is 0 Å². The van der Waals surface area contributed by atoms with Gasteiger partial charge in [-0.1, -0.05) is 85.1 Å². The van der Waals surface area contributed by atoms with E-state index in [-0.39, 0.29) is 23.7 Å². The second-order valence-electron chi connectivity index (χ2n) is 14.8. The van der Waals surface area contributed by atoms with Gasteiger partial charge in [0.1, 0.15) is 18.5 Å². The van der Waals surface area contributed by atoms with Crippen molar-refractivity contribution < 1.29 is 22.3 Å². The molecule has 0 amide bonds. The Morgan fingerprint density at radius 2 is 1.44 bits per heavy atom. The van der Waals surface area contributed by atoms with Crippen LogP contribution in [0.5, 0.6) is 0 Å². The lowest BCUT2D eigenvalue weighted by Gasteiger charge is -2.41. The number of halogens is 4. The van der Waals surface area contributed by atoms with Gasteiger partial charge in [0.2, 0.25) is 0 Å². The summed E-state index contributed by atoms with van der Waals surface area (Å²) in [5.74, 6) is 0.611. The second-order valence-corrected chi connectivity index (χ2v) is 14.8. The maximum absolute atomic E-state index is 15.4. The summed E-state index contributed by atoms with van der Waals surface area (Å²) in [4.78, 5) is 0. The Kier molecular flexibility index (Phi) is 17.0. The highest BCUT2D eigenvalue weighted by Crippen LogP contribution is 2.45. The average Bonchev–Trinajstić information content (AvgIpc) is 3.02. The molecule has 3 aliphatic carbocycles. The van der Waals surface area contributed by atoms with E-state index in [1.54, 1.807) is 0 Å². The zero-order valence-electron chi connectivity index (χ0n) is 28.0. The molecule has 252 valence electrons. The zero-order chi connectivity index (χ0) is 31.2. The Hall–Kier alpha value is -0.580. The summed E-state index contributed by atoms with van der Waals surface area (Å²) < 4.78 is 67.0. The average molecular weight is 615 g/mol. The quantitative estimate of drug-likeness (QED) is 0.0799. The summed E-state index contributed by atoms with van der Waals surface area (Å²) >= 11 is 0. The number of hydrogen-bond donors (Lipinski definition) is 0. The second kappa shape index (κ2) is 19.8. The van der Waals surface area contributed by atoms with Crippen molar-refractivity contribution in [3.8, 4) is 0 Å². The van der Waals surface area contributed by atoms with Crippen LogP contribution in [0.25, 0.3) is 0 Å². The van der Waals surface area contributed by atoms with Crippen molar-refractivity contribution in [2.75, 3.05) is 6.61 Å². The number of unbranched alkanes of at least 4 members (excludes halogenated alkanes) is 4. The van der Waals surface area contributed by atoms with Gasteiger partial charge in [0.15, 0.2) is 6.17 Å². The first-order valence-corrected chi connectivity index (χ1v) is 18.7. The standard InChI is InChI=1S/C38H66F4O/c1-5-8-10-11-13-27(4)35(39)37(41)33(7-3)29-18-16-28(17-19-29)14-12-15-31-22-25-34(38(42)36(31)40)30-20-23-32(24-21-30)43-26-9-6-2/h28-38H,4-26H2,1-3H3/t28?,29?,30?,31?,32?,33?,34?,35?,36?,37-,38?/m1/s1. The third-order valence-electron chi connectivity index (χ3n) is 11.8. The first kappa shape index (κ1) is 36.9. The molecule has 0 N–H and O–H groups in total. The lowest BCUT2D eigenvalue weighted by Crippen LogP contribution is -2.42. The number of alkyl halides is 4. The smallest absolute Gasteiger partial charge is 0.152 e. The minimum Gasteiger partial charge on any atom is -0.378 e. The van der Waals surface area contributed by atoms with Crippen LogP contribution < -0.4 is 0 Å². The van der Waals surface area contributed by atoms with Crippen molar-refractivity contribution in [3.05, 3.63) is 12.2 Å². The van der Waals surface area contributed by atoms with Crippen LogP contribution in [0.15, 0.2) is 12.2 Å². The molecule has 0 spiro atoms. The Morgan fingerprint density at radius 3 is 2.09 bits per heavy atom. The van der Waals surface area contributed by atoms with Gasteiger partial charge in [-0.25, -0.2) is 17.6 Å². The lowest BCUT2D eigenvalue weighted by atomic mass is 9.68. The van der Waals surface area contributed by atoms with Crippen molar-refractivity contribution in [1.82, 2.24) is 0 Å². The van der Waals surface area contributed by atoms with Crippen LogP contribution in [0, 0.1) is 35.5 Å². The van der Waals surface area contributed by atoms with E-state index < -0.39 is 24.7 Å². The molecule has 3 saturated carbocycles. The first-order chi connectivity index (χ1) is 20.8.